The van der Waals surface area contributed by atoms with Crippen LogP contribution >= 0.6 is 0 Å². The molecular formula is C26H35N3O7S. The lowest BCUT2D eigenvalue weighted by atomic mass is 9.98. The predicted molar refractivity (Wildman–Crippen MR) is 139 cm³/mol. The summed E-state index contributed by atoms with van der Waals surface area (Å²) < 4.78 is 33.6. The number of carbonyl (C=O) groups is 2. The van der Waals surface area contributed by atoms with Crippen molar-refractivity contribution in [1.29, 1.82) is 0 Å². The molecule has 0 spiro atoms. The van der Waals surface area contributed by atoms with Gasteiger partial charge in [-0.3, -0.25) is 9.69 Å². The Morgan fingerprint density at radius 1 is 1.27 bits per heavy atom. The van der Waals surface area contributed by atoms with Crippen LogP contribution in [0.2, 0.25) is 0 Å². The van der Waals surface area contributed by atoms with Gasteiger partial charge in [0.1, 0.15) is 0 Å². The third-order valence-corrected chi connectivity index (χ3v) is 8.72. The number of nitrogens with one attached hydrogen (secondary N) is 1. The minimum Gasteiger partial charge on any atom is -0.437 e. The summed E-state index contributed by atoms with van der Waals surface area (Å²) in [5, 5.41) is 0. The molecule has 1 aromatic rings. The Balaban J connectivity index is 1.53. The molecule has 3 N–H and O–H groups in total. The van der Waals surface area contributed by atoms with Crippen LogP contribution in [-0.4, -0.2) is 75.5 Å². The average Bonchev–Trinajstić information content (AvgIpc) is 2.89. The lowest BCUT2D eigenvalue weighted by molar-refractivity contribution is -0.201. The van der Waals surface area contributed by atoms with Crippen LogP contribution < -0.4 is 11.2 Å². The second kappa shape index (κ2) is 13.1. The molecule has 1 saturated heterocycles. The van der Waals surface area contributed by atoms with Crippen molar-refractivity contribution in [2.24, 2.45) is 5.73 Å². The Morgan fingerprint density at radius 3 is 2.62 bits per heavy atom. The fraction of sp³-hybridized carbons (Fsp3) is 0.538. The van der Waals surface area contributed by atoms with Crippen LogP contribution in [-0.2, 0) is 28.9 Å². The van der Waals surface area contributed by atoms with Gasteiger partial charge in [0.25, 0.3) is 5.91 Å². The van der Waals surface area contributed by atoms with Crippen molar-refractivity contribution in [2.45, 2.75) is 50.1 Å². The van der Waals surface area contributed by atoms with E-state index >= 15 is 0 Å². The van der Waals surface area contributed by atoms with Crippen molar-refractivity contribution in [3.8, 4) is 11.8 Å². The van der Waals surface area contributed by atoms with Crippen molar-refractivity contribution in [1.82, 2.24) is 10.4 Å². The van der Waals surface area contributed by atoms with Crippen LogP contribution in [0.1, 0.15) is 50.2 Å². The summed E-state index contributed by atoms with van der Waals surface area (Å²) >= 11 is 0. The van der Waals surface area contributed by atoms with E-state index in [4.69, 9.17) is 15.3 Å². The molecule has 1 aromatic carbocycles. The van der Waals surface area contributed by atoms with Gasteiger partial charge in [-0.1, -0.05) is 30.0 Å². The molecule has 2 aliphatic heterocycles. The number of hydrogen-bond acceptors (Lipinski definition) is 8. The summed E-state index contributed by atoms with van der Waals surface area (Å²) in [5.74, 6) is 4.96. The van der Waals surface area contributed by atoms with Crippen molar-refractivity contribution in [3.63, 3.8) is 0 Å². The number of benzene rings is 1. The van der Waals surface area contributed by atoms with E-state index in [2.05, 4.69) is 33.0 Å². The molecule has 202 valence electrons. The van der Waals surface area contributed by atoms with Gasteiger partial charge < -0.3 is 15.2 Å². The lowest BCUT2D eigenvalue weighted by Crippen LogP contribution is -2.52. The molecule has 10 nitrogen and oxygen atoms in total. The number of carbonyl (C=O) groups excluding carboxylic acids is 2. The van der Waals surface area contributed by atoms with Gasteiger partial charge in [-0.05, 0) is 55.9 Å². The SMILES string of the molecule is CC(CCN1CC=C(c2ccc(C#CCOC(N)=O)cc2)CC1)(C(=O)NOC1CCCCO1)S(C)(=O)=O. The van der Waals surface area contributed by atoms with Gasteiger partial charge in [0.05, 0.1) is 0 Å². The zero-order valence-electron chi connectivity index (χ0n) is 21.3. The number of ether oxygens (including phenoxy) is 2. The molecular weight excluding hydrogens is 498 g/mol. The quantitative estimate of drug-likeness (QED) is 0.363. The normalized spacial score (nSPS) is 20.1. The zero-order valence-corrected chi connectivity index (χ0v) is 22.1. The Hall–Kier alpha value is -2.91. The Morgan fingerprint density at radius 2 is 2.03 bits per heavy atom. The van der Waals surface area contributed by atoms with Gasteiger partial charge >= 0.3 is 6.09 Å². The van der Waals surface area contributed by atoms with Crippen LogP contribution in [0.4, 0.5) is 4.79 Å². The number of hydrogen-bond donors (Lipinski definition) is 2. The molecule has 3 rings (SSSR count). The van der Waals surface area contributed by atoms with Crippen LogP contribution in [0.25, 0.3) is 5.57 Å². The maximum atomic E-state index is 12.9. The molecule has 1 fully saturated rings. The molecule has 2 atom stereocenters. The summed E-state index contributed by atoms with van der Waals surface area (Å²) in [7, 11) is -3.70. The third-order valence-electron chi connectivity index (χ3n) is 6.69. The highest BCUT2D eigenvalue weighted by atomic mass is 32.2. The van der Waals surface area contributed by atoms with E-state index in [9.17, 15) is 18.0 Å². The molecule has 2 amide bonds. The summed E-state index contributed by atoms with van der Waals surface area (Å²) in [6.45, 7) is 3.78. The van der Waals surface area contributed by atoms with E-state index in [-0.39, 0.29) is 13.0 Å². The van der Waals surface area contributed by atoms with Crippen LogP contribution in [0.5, 0.6) is 0 Å². The van der Waals surface area contributed by atoms with Gasteiger partial charge in [-0.15, -0.1) is 0 Å². The third kappa shape index (κ3) is 8.30. The number of sulfone groups is 1. The highest BCUT2D eigenvalue weighted by Gasteiger charge is 2.44. The first kappa shape index (κ1) is 28.7. The number of primary amides is 1. The Labute approximate surface area is 218 Å². The van der Waals surface area contributed by atoms with E-state index in [1.807, 2.05) is 24.3 Å². The van der Waals surface area contributed by atoms with Gasteiger partial charge in [-0.25, -0.2) is 23.5 Å². The van der Waals surface area contributed by atoms with E-state index in [0.717, 1.165) is 43.2 Å². The van der Waals surface area contributed by atoms with Gasteiger partial charge in [0, 0.05) is 44.5 Å². The Bertz CT molecular complexity index is 1150. The fourth-order valence-corrected chi connectivity index (χ4v) is 4.90. The molecule has 0 aromatic heterocycles. The minimum atomic E-state index is -3.70. The van der Waals surface area contributed by atoms with Gasteiger partial charge in [0.15, 0.2) is 27.5 Å². The molecule has 0 bridgehead atoms. The summed E-state index contributed by atoms with van der Waals surface area (Å²) in [5.41, 5.74) is 10.3. The fourth-order valence-electron chi connectivity index (χ4n) is 4.06. The summed E-state index contributed by atoms with van der Waals surface area (Å²) in [6.07, 6.45) is 5.25. The zero-order chi connectivity index (χ0) is 26.9. The van der Waals surface area contributed by atoms with Crippen molar-refractivity contribution in [3.05, 3.63) is 41.5 Å². The van der Waals surface area contributed by atoms with Crippen LogP contribution in [0, 0.1) is 11.8 Å². The average molecular weight is 534 g/mol. The van der Waals surface area contributed by atoms with Crippen molar-refractivity contribution < 1.29 is 32.3 Å². The van der Waals surface area contributed by atoms with E-state index in [0.29, 0.717) is 26.1 Å². The second-order valence-corrected chi connectivity index (χ2v) is 11.8. The number of hydroxylamine groups is 1. The van der Waals surface area contributed by atoms with Crippen molar-refractivity contribution >= 4 is 27.4 Å². The molecule has 37 heavy (non-hydrogen) atoms. The van der Waals surface area contributed by atoms with E-state index in [1.54, 1.807) is 0 Å². The first-order valence-electron chi connectivity index (χ1n) is 12.3. The second-order valence-electron chi connectivity index (χ2n) is 9.36. The van der Waals surface area contributed by atoms with Gasteiger partial charge in [-0.2, -0.15) is 0 Å². The molecule has 2 aliphatic rings. The van der Waals surface area contributed by atoms with Gasteiger partial charge in [0.2, 0.25) is 0 Å². The van der Waals surface area contributed by atoms with Crippen LogP contribution in [0.15, 0.2) is 30.3 Å². The molecule has 0 radical (unpaired) electrons. The highest BCUT2D eigenvalue weighted by Crippen LogP contribution is 2.26. The first-order chi connectivity index (χ1) is 17.6. The van der Waals surface area contributed by atoms with Crippen LogP contribution in [0.3, 0.4) is 0 Å². The standard InChI is InChI=1S/C26H35N3O7S/c1-26(37(2,32)33,24(30)28-36-23-7-3-4-18-34-23)14-17-29-15-12-22(13-16-29)21-10-8-20(9-11-21)6-5-19-35-25(27)31/h8-12,23H,3-4,7,13-19H2,1-2H3,(H2,27,31)(H,28,30). The van der Waals surface area contributed by atoms with E-state index < -0.39 is 32.9 Å². The number of rotatable bonds is 9. The number of amides is 2. The number of nitrogens with two attached hydrogens (primary N) is 1. The van der Waals surface area contributed by atoms with E-state index in [1.165, 1.54) is 12.5 Å². The summed E-state index contributed by atoms with van der Waals surface area (Å²) in [4.78, 5) is 30.9. The largest absolute Gasteiger partial charge is 0.437 e. The highest BCUT2D eigenvalue weighted by molar-refractivity contribution is 7.92. The maximum absolute atomic E-state index is 12.9. The molecule has 11 heteroatoms. The van der Waals surface area contributed by atoms with Crippen molar-refractivity contribution in [2.75, 3.05) is 39.1 Å². The molecule has 0 aliphatic carbocycles. The minimum absolute atomic E-state index is 0.0555. The lowest BCUT2D eigenvalue weighted by Gasteiger charge is -2.32. The predicted octanol–water partition coefficient (Wildman–Crippen LogP) is 1.99. The Kier molecular flexibility index (Phi) is 10.1. The topological polar surface area (TPSA) is 137 Å². The molecule has 2 heterocycles. The summed E-state index contributed by atoms with van der Waals surface area (Å²) in [6, 6.07) is 7.77. The monoisotopic (exact) mass is 533 g/mol. The first-order valence-corrected chi connectivity index (χ1v) is 14.2. The smallest absolute Gasteiger partial charge is 0.405 e. The maximum Gasteiger partial charge on any atom is 0.405 e. The molecule has 2 unspecified atom stereocenters. The number of nitrogens with zero attached hydrogens (tertiary/aromatic N) is 1. The molecule has 0 saturated carbocycles.